The molecule has 1 atom stereocenters. The number of nitrogens with one attached hydrogen (secondary N) is 2. The molecule has 1 aliphatic rings. The third-order valence-corrected chi connectivity index (χ3v) is 3.69. The van der Waals surface area contributed by atoms with Gasteiger partial charge in [0.1, 0.15) is 18.2 Å². The fourth-order valence-corrected chi connectivity index (χ4v) is 2.65. The van der Waals surface area contributed by atoms with Crippen molar-refractivity contribution in [1.82, 2.24) is 10.6 Å². The minimum absolute atomic E-state index is 0.0849. The van der Waals surface area contributed by atoms with E-state index in [2.05, 4.69) is 10.6 Å². The van der Waals surface area contributed by atoms with Crippen molar-refractivity contribution in [3.63, 3.8) is 0 Å². The van der Waals surface area contributed by atoms with Gasteiger partial charge in [0.25, 0.3) is 0 Å². The molecule has 2 N–H and O–H groups in total. The number of esters is 1. The topological polar surface area (TPSA) is 93.7 Å². The summed E-state index contributed by atoms with van der Waals surface area (Å²) in [7, 11) is 1.31. The van der Waals surface area contributed by atoms with Gasteiger partial charge in [0.05, 0.1) is 7.11 Å². The summed E-state index contributed by atoms with van der Waals surface area (Å²) in [6.45, 7) is 4.98. The van der Waals surface area contributed by atoms with Crippen LogP contribution in [0.2, 0.25) is 0 Å². The Morgan fingerprint density at radius 1 is 1.13 bits per heavy atom. The highest BCUT2D eigenvalue weighted by Crippen LogP contribution is 2.27. The van der Waals surface area contributed by atoms with E-state index in [-0.39, 0.29) is 12.5 Å². The van der Waals surface area contributed by atoms with E-state index in [9.17, 15) is 14.4 Å². The molecule has 1 rings (SSSR count). The van der Waals surface area contributed by atoms with Crippen molar-refractivity contribution >= 4 is 18.0 Å². The zero-order valence-electron chi connectivity index (χ0n) is 14.4. The highest BCUT2D eigenvalue weighted by Gasteiger charge is 2.31. The number of carbonyl (C=O) groups excluding carboxylic acids is 3. The smallest absolute Gasteiger partial charge is 0.408 e. The zero-order chi connectivity index (χ0) is 17.5. The van der Waals surface area contributed by atoms with Gasteiger partial charge < -0.3 is 20.1 Å². The standard InChI is InChI=1S/C16H28N2O5/c1-16(2,3)23-15(21)17-10-12(19)18-13(14(20)22-4)11-8-6-5-7-9-11/h11,13H,5-10H2,1-4H3,(H,17,21)(H,18,19)/t13-/m0/s1. The van der Waals surface area contributed by atoms with E-state index in [0.717, 1.165) is 32.1 Å². The lowest BCUT2D eigenvalue weighted by molar-refractivity contribution is -0.147. The number of amides is 2. The van der Waals surface area contributed by atoms with Gasteiger partial charge in [-0.2, -0.15) is 0 Å². The van der Waals surface area contributed by atoms with Gasteiger partial charge in [0.2, 0.25) is 5.91 Å². The Labute approximate surface area is 137 Å². The summed E-state index contributed by atoms with van der Waals surface area (Å²) in [6, 6.07) is -0.659. The van der Waals surface area contributed by atoms with E-state index in [1.807, 2.05) is 0 Å². The molecule has 23 heavy (non-hydrogen) atoms. The van der Waals surface area contributed by atoms with Crippen LogP contribution >= 0.6 is 0 Å². The second-order valence-corrected chi connectivity index (χ2v) is 6.82. The highest BCUT2D eigenvalue weighted by molar-refractivity contribution is 5.87. The summed E-state index contributed by atoms with van der Waals surface area (Å²) in [4.78, 5) is 35.5. The van der Waals surface area contributed by atoms with E-state index in [0.29, 0.717) is 0 Å². The molecule has 0 spiro atoms. The Bertz CT molecular complexity index is 425. The van der Waals surface area contributed by atoms with Crippen molar-refractivity contribution < 1.29 is 23.9 Å². The average Bonchev–Trinajstić information content (AvgIpc) is 2.49. The van der Waals surface area contributed by atoms with Crippen molar-refractivity contribution in [1.29, 1.82) is 0 Å². The van der Waals surface area contributed by atoms with Crippen LogP contribution in [0.15, 0.2) is 0 Å². The summed E-state index contributed by atoms with van der Waals surface area (Å²) < 4.78 is 9.85. The first kappa shape index (κ1) is 19.3. The van der Waals surface area contributed by atoms with Gasteiger partial charge in [-0.3, -0.25) is 4.79 Å². The van der Waals surface area contributed by atoms with E-state index in [1.54, 1.807) is 20.8 Å². The molecule has 0 aromatic heterocycles. The maximum absolute atomic E-state index is 12.0. The number of alkyl carbamates (subject to hydrolysis) is 1. The van der Waals surface area contributed by atoms with Crippen molar-refractivity contribution in [2.75, 3.05) is 13.7 Å². The summed E-state index contributed by atoms with van der Waals surface area (Å²) in [5.74, 6) is -0.791. The van der Waals surface area contributed by atoms with E-state index in [4.69, 9.17) is 9.47 Å². The molecule has 0 aromatic rings. The van der Waals surface area contributed by atoms with Crippen molar-refractivity contribution in [3.05, 3.63) is 0 Å². The number of hydrogen-bond donors (Lipinski definition) is 2. The van der Waals surface area contributed by atoms with Gasteiger partial charge in [-0.25, -0.2) is 9.59 Å². The van der Waals surface area contributed by atoms with Gasteiger partial charge in [-0.1, -0.05) is 19.3 Å². The normalized spacial score (nSPS) is 17.0. The summed E-state index contributed by atoms with van der Waals surface area (Å²) >= 11 is 0. The Hall–Kier alpha value is -1.79. The molecule has 0 unspecified atom stereocenters. The second-order valence-electron chi connectivity index (χ2n) is 6.82. The summed E-state index contributed by atoms with van der Waals surface area (Å²) in [6.07, 6.45) is 4.35. The molecule has 1 fully saturated rings. The lowest BCUT2D eigenvalue weighted by Crippen LogP contribution is -2.50. The molecule has 0 radical (unpaired) electrons. The van der Waals surface area contributed by atoms with Crippen molar-refractivity contribution in [3.8, 4) is 0 Å². The lowest BCUT2D eigenvalue weighted by Gasteiger charge is -2.29. The first-order chi connectivity index (χ1) is 10.7. The molecular formula is C16H28N2O5. The Balaban J connectivity index is 2.50. The monoisotopic (exact) mass is 328 g/mol. The molecule has 0 aromatic carbocycles. The fraction of sp³-hybridized carbons (Fsp3) is 0.812. The number of methoxy groups -OCH3 is 1. The molecule has 7 nitrogen and oxygen atoms in total. The van der Waals surface area contributed by atoms with Crippen LogP contribution in [-0.2, 0) is 19.1 Å². The van der Waals surface area contributed by atoms with Crippen LogP contribution in [0.3, 0.4) is 0 Å². The molecule has 2 amide bonds. The van der Waals surface area contributed by atoms with Gasteiger partial charge in [0.15, 0.2) is 0 Å². The first-order valence-corrected chi connectivity index (χ1v) is 8.07. The number of rotatable bonds is 5. The lowest BCUT2D eigenvalue weighted by atomic mass is 9.84. The van der Waals surface area contributed by atoms with Gasteiger partial charge in [-0.15, -0.1) is 0 Å². The largest absolute Gasteiger partial charge is 0.467 e. The molecule has 0 bridgehead atoms. The van der Waals surface area contributed by atoms with Crippen LogP contribution in [-0.4, -0.2) is 43.3 Å². The Kier molecular flexibility index (Phi) is 7.32. The molecule has 7 heteroatoms. The Morgan fingerprint density at radius 2 is 1.74 bits per heavy atom. The maximum atomic E-state index is 12.0. The summed E-state index contributed by atoms with van der Waals surface area (Å²) in [5, 5.41) is 5.05. The average molecular weight is 328 g/mol. The fourth-order valence-electron chi connectivity index (χ4n) is 2.65. The van der Waals surface area contributed by atoms with Crippen molar-refractivity contribution in [2.24, 2.45) is 5.92 Å². The molecule has 0 aliphatic heterocycles. The molecule has 0 heterocycles. The summed E-state index contributed by atoms with van der Waals surface area (Å²) in [5.41, 5.74) is -0.628. The van der Waals surface area contributed by atoms with E-state index < -0.39 is 29.6 Å². The van der Waals surface area contributed by atoms with Crippen LogP contribution < -0.4 is 10.6 Å². The number of hydrogen-bond acceptors (Lipinski definition) is 5. The quantitative estimate of drug-likeness (QED) is 0.750. The third kappa shape index (κ3) is 7.34. The highest BCUT2D eigenvalue weighted by atomic mass is 16.6. The molecule has 1 saturated carbocycles. The molecule has 0 saturated heterocycles. The van der Waals surface area contributed by atoms with Crippen LogP contribution in [0.25, 0.3) is 0 Å². The van der Waals surface area contributed by atoms with Crippen LogP contribution in [0.4, 0.5) is 4.79 Å². The van der Waals surface area contributed by atoms with Gasteiger partial charge >= 0.3 is 12.1 Å². The Morgan fingerprint density at radius 3 is 2.26 bits per heavy atom. The third-order valence-electron chi connectivity index (χ3n) is 3.69. The minimum atomic E-state index is -0.667. The van der Waals surface area contributed by atoms with Crippen molar-refractivity contribution in [2.45, 2.75) is 64.5 Å². The first-order valence-electron chi connectivity index (χ1n) is 8.07. The van der Waals surface area contributed by atoms with Gasteiger partial charge in [0, 0.05) is 0 Å². The van der Waals surface area contributed by atoms with Gasteiger partial charge in [-0.05, 0) is 39.5 Å². The predicted molar refractivity (Wildman–Crippen MR) is 84.8 cm³/mol. The van der Waals surface area contributed by atoms with Crippen LogP contribution in [0.5, 0.6) is 0 Å². The minimum Gasteiger partial charge on any atom is -0.467 e. The maximum Gasteiger partial charge on any atom is 0.408 e. The number of ether oxygens (including phenoxy) is 2. The van der Waals surface area contributed by atoms with Crippen LogP contribution in [0, 0.1) is 5.92 Å². The molecule has 1 aliphatic carbocycles. The predicted octanol–water partition coefficient (Wildman–Crippen LogP) is 1.75. The zero-order valence-corrected chi connectivity index (χ0v) is 14.4. The van der Waals surface area contributed by atoms with E-state index >= 15 is 0 Å². The molecular weight excluding hydrogens is 300 g/mol. The number of carbonyl (C=O) groups is 3. The second kappa shape index (κ2) is 8.74. The SMILES string of the molecule is COC(=O)[C@@H](NC(=O)CNC(=O)OC(C)(C)C)C1CCCCC1. The van der Waals surface area contributed by atoms with Crippen LogP contribution in [0.1, 0.15) is 52.9 Å². The van der Waals surface area contributed by atoms with E-state index in [1.165, 1.54) is 7.11 Å². The molecule has 132 valence electrons.